The van der Waals surface area contributed by atoms with Crippen LogP contribution in [0.5, 0.6) is 0 Å². The summed E-state index contributed by atoms with van der Waals surface area (Å²) in [4.78, 5) is 4.27. The van der Waals surface area contributed by atoms with E-state index in [0.717, 1.165) is 57.0 Å². The molecule has 3 atom stereocenters. The number of halogens is 1. The van der Waals surface area contributed by atoms with Gasteiger partial charge in [0.2, 0.25) is 0 Å². The van der Waals surface area contributed by atoms with Crippen LogP contribution in [0.25, 0.3) is 0 Å². The molecule has 5 nitrogen and oxygen atoms in total. The zero-order valence-corrected chi connectivity index (χ0v) is 18.0. The van der Waals surface area contributed by atoms with Gasteiger partial charge in [0.05, 0.1) is 6.61 Å². The van der Waals surface area contributed by atoms with E-state index in [1.807, 2.05) is 6.92 Å². The summed E-state index contributed by atoms with van der Waals surface area (Å²) in [6.45, 7) is 6.47. The monoisotopic (exact) mass is 459 g/mol. The van der Waals surface area contributed by atoms with E-state index in [-0.39, 0.29) is 24.0 Å². The first-order valence-electron chi connectivity index (χ1n) is 8.63. The maximum absolute atomic E-state index is 12.0. The molecule has 3 unspecified atom stereocenters. The topological polar surface area (TPSA) is 62.7 Å². The first kappa shape index (κ1) is 23.1. The molecule has 0 heterocycles. The van der Waals surface area contributed by atoms with Crippen LogP contribution in [0.3, 0.4) is 0 Å². The van der Waals surface area contributed by atoms with Crippen LogP contribution in [0.4, 0.5) is 0 Å². The molecule has 2 N–H and O–H groups in total. The van der Waals surface area contributed by atoms with Gasteiger partial charge < -0.3 is 15.4 Å². The first-order valence-corrected chi connectivity index (χ1v) is 10.0. The van der Waals surface area contributed by atoms with E-state index < -0.39 is 10.8 Å². The van der Waals surface area contributed by atoms with Crippen molar-refractivity contribution >= 4 is 40.7 Å². The van der Waals surface area contributed by atoms with Gasteiger partial charge in [-0.2, -0.15) is 0 Å². The summed E-state index contributed by atoms with van der Waals surface area (Å²) < 4.78 is 17.5. The highest BCUT2D eigenvalue weighted by atomic mass is 127. The summed E-state index contributed by atoms with van der Waals surface area (Å²) in [7, 11) is 1.11. The fourth-order valence-electron chi connectivity index (χ4n) is 2.73. The largest absolute Gasteiger partial charge is 0.380 e. The molecule has 23 heavy (non-hydrogen) atoms. The van der Waals surface area contributed by atoms with Gasteiger partial charge in [-0.3, -0.25) is 9.20 Å². The maximum atomic E-state index is 12.0. The van der Waals surface area contributed by atoms with E-state index in [4.69, 9.17) is 4.74 Å². The Labute approximate surface area is 161 Å². The van der Waals surface area contributed by atoms with Gasteiger partial charge in [-0.25, -0.2) is 0 Å². The molecule has 1 aliphatic rings. The fraction of sp³-hybridized carbons (Fsp3) is 0.938. The lowest BCUT2D eigenvalue weighted by Crippen LogP contribution is -2.47. The summed E-state index contributed by atoms with van der Waals surface area (Å²) in [6.07, 6.45) is 6.63. The number of ether oxygens (including phenoxy) is 1. The molecular weight excluding hydrogens is 425 g/mol. The second-order valence-electron chi connectivity index (χ2n) is 5.76. The van der Waals surface area contributed by atoms with Crippen molar-refractivity contribution in [3.05, 3.63) is 0 Å². The normalized spacial score (nSPS) is 23.0. The molecular formula is C16H34IN3O2S. The summed E-state index contributed by atoms with van der Waals surface area (Å²) in [5.74, 6) is 1.59. The first-order chi connectivity index (χ1) is 10.7. The van der Waals surface area contributed by atoms with Crippen LogP contribution < -0.4 is 10.6 Å². The summed E-state index contributed by atoms with van der Waals surface area (Å²) >= 11 is 0. The molecule has 0 spiro atoms. The van der Waals surface area contributed by atoms with Crippen molar-refractivity contribution < 1.29 is 8.95 Å². The van der Waals surface area contributed by atoms with Gasteiger partial charge in [0, 0.05) is 48.0 Å². The lowest BCUT2D eigenvalue weighted by atomic mass is 9.95. The molecule has 1 saturated carbocycles. The number of guanidine groups is 1. The molecule has 138 valence electrons. The molecule has 0 radical (unpaired) electrons. The Morgan fingerprint density at radius 3 is 2.74 bits per heavy atom. The number of rotatable bonds is 9. The van der Waals surface area contributed by atoms with E-state index in [0.29, 0.717) is 17.9 Å². The highest BCUT2D eigenvalue weighted by Crippen LogP contribution is 2.22. The quantitative estimate of drug-likeness (QED) is 0.241. The van der Waals surface area contributed by atoms with Crippen molar-refractivity contribution in [2.75, 3.05) is 32.6 Å². The summed E-state index contributed by atoms with van der Waals surface area (Å²) in [5, 5.41) is 7.09. The minimum Gasteiger partial charge on any atom is -0.380 e. The molecule has 1 fully saturated rings. The molecule has 0 aromatic rings. The van der Waals surface area contributed by atoms with Crippen LogP contribution in [-0.4, -0.2) is 54.0 Å². The Bertz CT molecular complexity index is 356. The minimum atomic E-state index is -0.681. The van der Waals surface area contributed by atoms with E-state index >= 15 is 0 Å². The van der Waals surface area contributed by atoms with Crippen LogP contribution >= 0.6 is 24.0 Å². The molecule has 1 aliphatic carbocycles. The minimum absolute atomic E-state index is 0. The number of hydrogen-bond donors (Lipinski definition) is 2. The Morgan fingerprint density at radius 2 is 2.09 bits per heavy atom. The van der Waals surface area contributed by atoms with Gasteiger partial charge >= 0.3 is 0 Å². The van der Waals surface area contributed by atoms with Crippen LogP contribution in [0.1, 0.15) is 52.4 Å². The Balaban J connectivity index is 0.00000484. The molecule has 0 aromatic heterocycles. The van der Waals surface area contributed by atoms with E-state index in [2.05, 4.69) is 22.5 Å². The van der Waals surface area contributed by atoms with E-state index in [1.165, 1.54) is 6.42 Å². The van der Waals surface area contributed by atoms with E-state index in [1.54, 1.807) is 7.05 Å². The van der Waals surface area contributed by atoms with Gasteiger partial charge in [0.1, 0.15) is 0 Å². The second kappa shape index (κ2) is 14.5. The SMILES string of the molecule is CCCCOCCNC(=NC)NC1CCCC(S(=O)CC)C1.I. The standard InChI is InChI=1S/C16H33N3O2S.HI/c1-4-6-11-21-12-10-18-16(17-3)19-14-8-7-9-15(13-14)22(20)5-2;/h14-15H,4-13H2,1-3H3,(H2,17,18,19);1H. The predicted molar refractivity (Wildman–Crippen MR) is 110 cm³/mol. The molecule has 7 heteroatoms. The maximum Gasteiger partial charge on any atom is 0.191 e. The number of aliphatic imine (C=N–C) groups is 1. The highest BCUT2D eigenvalue weighted by Gasteiger charge is 2.25. The second-order valence-corrected chi connectivity index (χ2v) is 7.77. The number of nitrogens with zero attached hydrogens (tertiary/aromatic N) is 1. The Morgan fingerprint density at radius 1 is 1.30 bits per heavy atom. The van der Waals surface area contributed by atoms with Crippen molar-refractivity contribution in [3.63, 3.8) is 0 Å². The average molecular weight is 459 g/mol. The molecule has 1 rings (SSSR count). The lowest BCUT2D eigenvalue weighted by Gasteiger charge is -2.30. The van der Waals surface area contributed by atoms with Gasteiger partial charge in [0.15, 0.2) is 5.96 Å². The average Bonchev–Trinajstić information content (AvgIpc) is 2.56. The van der Waals surface area contributed by atoms with Crippen molar-refractivity contribution in [2.45, 2.75) is 63.7 Å². The van der Waals surface area contributed by atoms with Crippen LogP contribution in [-0.2, 0) is 15.5 Å². The van der Waals surface area contributed by atoms with Gasteiger partial charge in [0.25, 0.3) is 0 Å². The molecule has 0 aromatic carbocycles. The van der Waals surface area contributed by atoms with Gasteiger partial charge in [-0.1, -0.05) is 26.7 Å². The molecule has 0 bridgehead atoms. The number of nitrogens with one attached hydrogen (secondary N) is 2. The van der Waals surface area contributed by atoms with Crippen LogP contribution in [0.2, 0.25) is 0 Å². The zero-order valence-electron chi connectivity index (χ0n) is 14.8. The van der Waals surface area contributed by atoms with Crippen molar-refractivity contribution in [3.8, 4) is 0 Å². The van der Waals surface area contributed by atoms with Crippen LogP contribution in [0.15, 0.2) is 4.99 Å². The third-order valence-corrected chi connectivity index (χ3v) is 5.77. The smallest absolute Gasteiger partial charge is 0.191 e. The zero-order chi connectivity index (χ0) is 16.2. The van der Waals surface area contributed by atoms with Crippen LogP contribution in [0, 0.1) is 0 Å². The summed E-state index contributed by atoms with van der Waals surface area (Å²) in [5.41, 5.74) is 0. The number of hydrogen-bond acceptors (Lipinski definition) is 3. The fourth-order valence-corrected chi connectivity index (χ4v) is 4.08. The highest BCUT2D eigenvalue weighted by molar-refractivity contribution is 14.0. The lowest BCUT2D eigenvalue weighted by molar-refractivity contribution is 0.136. The molecule has 0 amide bonds. The summed E-state index contributed by atoms with van der Waals surface area (Å²) in [6, 6.07) is 0.376. The van der Waals surface area contributed by atoms with E-state index in [9.17, 15) is 4.21 Å². The predicted octanol–water partition coefficient (Wildman–Crippen LogP) is 2.67. The van der Waals surface area contributed by atoms with Crippen molar-refractivity contribution in [2.24, 2.45) is 4.99 Å². The third-order valence-electron chi connectivity index (χ3n) is 4.03. The van der Waals surface area contributed by atoms with Gasteiger partial charge in [-0.15, -0.1) is 24.0 Å². The Hall–Kier alpha value is 0.110. The molecule has 0 saturated heterocycles. The van der Waals surface area contributed by atoms with Crippen molar-refractivity contribution in [1.82, 2.24) is 10.6 Å². The number of unbranched alkanes of at least 4 members (excludes halogenated alkanes) is 1. The third kappa shape index (κ3) is 9.86. The Kier molecular flexibility index (Phi) is 14.5. The van der Waals surface area contributed by atoms with Crippen molar-refractivity contribution in [1.29, 1.82) is 0 Å². The van der Waals surface area contributed by atoms with Gasteiger partial charge in [-0.05, 0) is 25.7 Å². The molecule has 0 aliphatic heterocycles.